The van der Waals surface area contributed by atoms with Gasteiger partial charge >= 0.3 is 11.7 Å². The highest BCUT2D eigenvalue weighted by molar-refractivity contribution is 5.94. The first-order valence-corrected chi connectivity index (χ1v) is 7.21. The largest absolute Gasteiger partial charge is 0.618 e. The minimum atomic E-state index is -0.581. The predicted molar refractivity (Wildman–Crippen MR) is 81.7 cm³/mol. The molecule has 1 aromatic heterocycles. The van der Waals surface area contributed by atoms with Crippen LogP contribution in [0.25, 0.3) is 11.0 Å². The van der Waals surface area contributed by atoms with Gasteiger partial charge in [0.2, 0.25) is 5.78 Å². The Morgan fingerprint density at radius 2 is 1.83 bits per heavy atom. The van der Waals surface area contributed by atoms with Gasteiger partial charge < -0.3 is 15.2 Å². The molecule has 0 aliphatic carbocycles. The van der Waals surface area contributed by atoms with Crippen LogP contribution in [0, 0.1) is 23.3 Å². The first-order chi connectivity index (χ1) is 10.7. The lowest BCUT2D eigenvalue weighted by Gasteiger charge is -2.11. The highest BCUT2D eigenvalue weighted by Gasteiger charge is 2.29. The van der Waals surface area contributed by atoms with E-state index in [2.05, 4.69) is 0 Å². The Morgan fingerprint density at radius 1 is 1.17 bits per heavy atom. The van der Waals surface area contributed by atoms with Crippen molar-refractivity contribution in [3.8, 4) is 0 Å². The van der Waals surface area contributed by atoms with Gasteiger partial charge in [0, 0.05) is 26.0 Å². The quantitative estimate of drug-likeness (QED) is 0.368. The van der Waals surface area contributed by atoms with Crippen molar-refractivity contribution in [2.24, 2.45) is 5.92 Å². The SMILES string of the molecule is CC(=O)c1c(C)[n+]([O-])c2ccc(C(=O)OCC(C)C)cc2[n+]1[O-]. The molecule has 7 nitrogen and oxygen atoms in total. The summed E-state index contributed by atoms with van der Waals surface area (Å²) in [6.07, 6.45) is 0. The van der Waals surface area contributed by atoms with Crippen molar-refractivity contribution in [2.75, 3.05) is 6.61 Å². The summed E-state index contributed by atoms with van der Waals surface area (Å²) in [7, 11) is 0. The number of esters is 1. The number of ether oxygens (including phenoxy) is 1. The lowest BCUT2D eigenvalue weighted by molar-refractivity contribution is -0.635. The normalized spacial score (nSPS) is 11.0. The maximum atomic E-state index is 12.4. The zero-order valence-electron chi connectivity index (χ0n) is 13.5. The molecule has 0 atom stereocenters. The van der Waals surface area contributed by atoms with Crippen LogP contribution in [-0.2, 0) is 4.74 Å². The van der Waals surface area contributed by atoms with Crippen molar-refractivity contribution < 1.29 is 23.8 Å². The Bertz CT molecular complexity index is 799. The van der Waals surface area contributed by atoms with Gasteiger partial charge in [0.1, 0.15) is 0 Å². The molecule has 0 fully saturated rings. The van der Waals surface area contributed by atoms with E-state index < -0.39 is 11.8 Å². The maximum Gasteiger partial charge on any atom is 0.338 e. The number of ketones is 1. The van der Waals surface area contributed by atoms with E-state index in [4.69, 9.17) is 4.74 Å². The smallest absolute Gasteiger partial charge is 0.338 e. The number of hydrogen-bond donors (Lipinski definition) is 0. The molecule has 0 aliphatic heterocycles. The summed E-state index contributed by atoms with van der Waals surface area (Å²) in [6, 6.07) is 4.07. The van der Waals surface area contributed by atoms with Gasteiger partial charge in [-0.2, -0.15) is 9.46 Å². The lowest BCUT2D eigenvalue weighted by atomic mass is 10.1. The summed E-state index contributed by atoms with van der Waals surface area (Å²) in [5.74, 6) is -0.917. The number of Topliss-reactive ketones (excluding diaryl/α,β-unsaturated/α-hetero) is 1. The number of nitrogens with zero attached hydrogens (tertiary/aromatic N) is 2. The number of fused-ring (bicyclic) bond motifs is 1. The monoisotopic (exact) mass is 318 g/mol. The molecule has 0 radical (unpaired) electrons. The van der Waals surface area contributed by atoms with Crippen LogP contribution in [0.15, 0.2) is 18.2 Å². The molecule has 0 spiro atoms. The molecule has 2 rings (SSSR count). The molecule has 1 aromatic carbocycles. The van der Waals surface area contributed by atoms with Crippen LogP contribution in [0.4, 0.5) is 0 Å². The number of carbonyl (C=O) groups excluding carboxylic acids is 2. The highest BCUT2D eigenvalue weighted by atomic mass is 16.5. The summed E-state index contributed by atoms with van der Waals surface area (Å²) >= 11 is 0. The Kier molecular flexibility index (Phi) is 4.49. The molecule has 2 aromatic rings. The van der Waals surface area contributed by atoms with Crippen LogP contribution in [0.1, 0.15) is 47.3 Å². The molecule has 122 valence electrons. The number of aromatic nitrogens is 2. The molecule has 7 heteroatoms. The van der Waals surface area contributed by atoms with E-state index in [1.165, 1.54) is 32.0 Å². The average molecular weight is 318 g/mol. The second-order valence-corrected chi connectivity index (χ2v) is 5.77. The van der Waals surface area contributed by atoms with Crippen LogP contribution in [0.2, 0.25) is 0 Å². The topological polar surface area (TPSA) is 97.2 Å². The molecule has 23 heavy (non-hydrogen) atoms. The fourth-order valence-electron chi connectivity index (χ4n) is 2.25. The van der Waals surface area contributed by atoms with Gasteiger partial charge in [-0.25, -0.2) is 4.79 Å². The Hall–Kier alpha value is -2.70. The van der Waals surface area contributed by atoms with Crippen molar-refractivity contribution in [1.82, 2.24) is 0 Å². The number of benzene rings is 1. The predicted octanol–water partition coefficient (Wildman–Crippen LogP) is 1.43. The van der Waals surface area contributed by atoms with Crippen molar-refractivity contribution in [3.05, 3.63) is 45.6 Å². The summed E-state index contributed by atoms with van der Waals surface area (Å²) in [5.41, 5.74) is -0.0193. The fraction of sp³-hybridized carbons (Fsp3) is 0.375. The molecular formula is C16H18N2O5. The zero-order valence-corrected chi connectivity index (χ0v) is 13.5. The third kappa shape index (κ3) is 3.08. The van der Waals surface area contributed by atoms with E-state index in [0.29, 0.717) is 9.46 Å². The molecule has 0 saturated heterocycles. The molecule has 0 unspecified atom stereocenters. The van der Waals surface area contributed by atoms with Crippen LogP contribution >= 0.6 is 0 Å². The average Bonchev–Trinajstić information content (AvgIpc) is 2.49. The first kappa shape index (κ1) is 16.7. The van der Waals surface area contributed by atoms with Crippen molar-refractivity contribution in [3.63, 3.8) is 0 Å². The van der Waals surface area contributed by atoms with Crippen LogP contribution < -0.4 is 9.46 Å². The van der Waals surface area contributed by atoms with Crippen molar-refractivity contribution >= 4 is 22.8 Å². The number of carbonyl (C=O) groups is 2. The van der Waals surface area contributed by atoms with E-state index in [1.54, 1.807) is 0 Å². The third-order valence-corrected chi connectivity index (χ3v) is 3.38. The van der Waals surface area contributed by atoms with Crippen LogP contribution in [-0.4, -0.2) is 18.4 Å². The summed E-state index contributed by atoms with van der Waals surface area (Å²) in [4.78, 5) is 23.6. The highest BCUT2D eigenvalue weighted by Crippen LogP contribution is 2.13. The van der Waals surface area contributed by atoms with E-state index in [-0.39, 0.29) is 40.5 Å². The molecule has 0 aliphatic rings. The fourth-order valence-corrected chi connectivity index (χ4v) is 2.25. The number of rotatable bonds is 4. The van der Waals surface area contributed by atoms with Gasteiger partial charge in [0.25, 0.3) is 16.7 Å². The van der Waals surface area contributed by atoms with Gasteiger partial charge in [0.15, 0.2) is 0 Å². The molecule has 0 N–H and O–H groups in total. The van der Waals surface area contributed by atoms with E-state index >= 15 is 0 Å². The summed E-state index contributed by atoms with van der Waals surface area (Å²) in [5, 5.41) is 24.6. The van der Waals surface area contributed by atoms with Gasteiger partial charge in [0.05, 0.1) is 12.2 Å². The molecule has 0 amide bonds. The summed E-state index contributed by atoms with van der Waals surface area (Å²) in [6.45, 7) is 6.68. The minimum absolute atomic E-state index is 0.0233. The third-order valence-electron chi connectivity index (χ3n) is 3.38. The molecular weight excluding hydrogens is 300 g/mol. The lowest BCUT2D eigenvalue weighted by Crippen LogP contribution is -2.46. The zero-order chi connectivity index (χ0) is 17.3. The molecule has 0 bridgehead atoms. The van der Waals surface area contributed by atoms with Gasteiger partial charge in [-0.05, 0) is 12.0 Å². The number of hydrogen-bond acceptors (Lipinski definition) is 5. The van der Waals surface area contributed by atoms with E-state index in [0.717, 1.165) is 0 Å². The second kappa shape index (κ2) is 6.20. The van der Waals surface area contributed by atoms with Gasteiger partial charge in [-0.1, -0.05) is 13.8 Å². The first-order valence-electron chi connectivity index (χ1n) is 7.21. The van der Waals surface area contributed by atoms with Gasteiger partial charge in [-0.15, -0.1) is 0 Å². The Balaban J connectivity index is 2.59. The Labute approximate surface area is 133 Å². The van der Waals surface area contributed by atoms with Crippen molar-refractivity contribution in [2.45, 2.75) is 27.7 Å². The molecule has 1 heterocycles. The van der Waals surface area contributed by atoms with E-state index in [1.807, 2.05) is 13.8 Å². The van der Waals surface area contributed by atoms with Crippen LogP contribution in [0.3, 0.4) is 0 Å². The maximum absolute atomic E-state index is 12.4. The van der Waals surface area contributed by atoms with Gasteiger partial charge in [-0.3, -0.25) is 4.79 Å². The van der Waals surface area contributed by atoms with Crippen LogP contribution in [0.5, 0.6) is 0 Å². The van der Waals surface area contributed by atoms with Crippen molar-refractivity contribution in [1.29, 1.82) is 0 Å². The second-order valence-electron chi connectivity index (χ2n) is 5.77. The summed E-state index contributed by atoms with van der Waals surface area (Å²) < 4.78 is 6.01. The Morgan fingerprint density at radius 3 is 2.39 bits per heavy atom. The standard InChI is InChI=1S/C16H18N2O5/c1-9(2)8-23-16(20)12-5-6-13-14(7-12)18(22)15(11(4)19)10(3)17(13)21/h5-7,9H,8H2,1-4H3. The van der Waals surface area contributed by atoms with E-state index in [9.17, 15) is 20.0 Å². The molecule has 0 saturated carbocycles. The minimum Gasteiger partial charge on any atom is -0.618 e.